The molecule has 0 saturated heterocycles. The van der Waals surface area contributed by atoms with Gasteiger partial charge in [-0.1, -0.05) is 52.0 Å². The Balaban J connectivity index is 4.32. The molecule has 0 bridgehead atoms. The van der Waals surface area contributed by atoms with Gasteiger partial charge in [0.25, 0.3) is 0 Å². The van der Waals surface area contributed by atoms with E-state index in [-0.39, 0.29) is 0 Å². The zero-order valence-electron chi connectivity index (χ0n) is 9.37. The predicted octanol–water partition coefficient (Wildman–Crippen LogP) is 4.14. The van der Waals surface area contributed by atoms with Crippen LogP contribution in [0.25, 0.3) is 0 Å². The number of nitrogens with zero attached hydrogens (tertiary/aromatic N) is 1. The van der Waals surface area contributed by atoms with Crippen molar-refractivity contribution in [3.63, 3.8) is 0 Å². The van der Waals surface area contributed by atoms with Crippen LogP contribution >= 0.6 is 0 Å². The van der Waals surface area contributed by atoms with Crippen LogP contribution < -0.4 is 0 Å². The second-order valence-corrected chi connectivity index (χ2v) is 3.37. The topological polar surface area (TPSA) is 12.4 Å². The molecular weight excluding hydrogens is 170 g/mol. The van der Waals surface area contributed by atoms with Crippen LogP contribution in [0.1, 0.15) is 33.1 Å². The van der Waals surface area contributed by atoms with E-state index >= 15 is 0 Å². The Bertz CT molecular complexity index is 223. The summed E-state index contributed by atoms with van der Waals surface area (Å²) < 4.78 is 0. The van der Waals surface area contributed by atoms with Gasteiger partial charge in [-0.05, 0) is 18.4 Å². The zero-order chi connectivity index (χ0) is 10.8. The third-order valence-corrected chi connectivity index (χ3v) is 2.14. The molecule has 0 fully saturated rings. The molecule has 1 atom stereocenters. The maximum Gasteiger partial charge on any atom is 0.0431 e. The van der Waals surface area contributed by atoms with Crippen LogP contribution in [0.15, 0.2) is 42.6 Å². The van der Waals surface area contributed by atoms with Crippen molar-refractivity contribution < 1.29 is 0 Å². The van der Waals surface area contributed by atoms with Gasteiger partial charge in [0.2, 0.25) is 0 Å². The first-order valence-corrected chi connectivity index (χ1v) is 5.24. The second-order valence-electron chi connectivity index (χ2n) is 3.37. The largest absolute Gasteiger partial charge is 0.262 e. The molecule has 1 heteroatoms. The molecular formula is C13H21N. The van der Waals surface area contributed by atoms with Crippen molar-refractivity contribution in [2.45, 2.75) is 33.1 Å². The summed E-state index contributed by atoms with van der Waals surface area (Å²) in [7, 11) is 0. The van der Waals surface area contributed by atoms with Crippen molar-refractivity contribution in [2.75, 3.05) is 0 Å². The number of unbranched alkanes of at least 4 members (excludes halogenated alkanes) is 1. The molecule has 78 valence electrons. The van der Waals surface area contributed by atoms with Crippen molar-refractivity contribution in [3.8, 4) is 0 Å². The van der Waals surface area contributed by atoms with Crippen molar-refractivity contribution in [2.24, 2.45) is 10.9 Å². The summed E-state index contributed by atoms with van der Waals surface area (Å²) in [6, 6.07) is 0. The highest BCUT2D eigenvalue weighted by Crippen LogP contribution is 2.11. The van der Waals surface area contributed by atoms with E-state index in [2.05, 4.69) is 32.0 Å². The Morgan fingerprint density at radius 3 is 2.64 bits per heavy atom. The third kappa shape index (κ3) is 5.52. The zero-order valence-corrected chi connectivity index (χ0v) is 9.37. The Labute approximate surface area is 87.9 Å². The van der Waals surface area contributed by atoms with Crippen molar-refractivity contribution in [3.05, 3.63) is 37.6 Å². The Morgan fingerprint density at radius 2 is 2.14 bits per heavy atom. The van der Waals surface area contributed by atoms with E-state index in [4.69, 9.17) is 0 Å². The van der Waals surface area contributed by atoms with Crippen LogP contribution in [0.5, 0.6) is 0 Å². The van der Waals surface area contributed by atoms with Gasteiger partial charge in [-0.3, -0.25) is 4.99 Å². The molecule has 0 amide bonds. The summed E-state index contributed by atoms with van der Waals surface area (Å²) in [5, 5.41) is 0. The standard InChI is InChI=1S/C13H21N/c1-5-8-10-12(4)13(14-7-3)11-9-6-2/h6-7,9,11-12H,2-3,5,8,10H2,1,4H3/b11-9-,14-13+. The minimum absolute atomic E-state index is 0.504. The minimum Gasteiger partial charge on any atom is -0.262 e. The maximum absolute atomic E-state index is 4.26. The lowest BCUT2D eigenvalue weighted by Crippen LogP contribution is -2.07. The average molecular weight is 191 g/mol. The normalized spacial score (nSPS) is 14.3. The summed E-state index contributed by atoms with van der Waals surface area (Å²) in [4.78, 5) is 4.26. The van der Waals surface area contributed by atoms with Crippen molar-refractivity contribution in [1.29, 1.82) is 0 Å². The van der Waals surface area contributed by atoms with E-state index in [0.717, 1.165) is 5.71 Å². The molecule has 0 heterocycles. The lowest BCUT2D eigenvalue weighted by Gasteiger charge is -2.09. The molecule has 0 rings (SSSR count). The molecule has 0 N–H and O–H groups in total. The molecule has 0 aromatic rings. The molecule has 0 aliphatic rings. The van der Waals surface area contributed by atoms with E-state index < -0.39 is 0 Å². The van der Waals surface area contributed by atoms with Gasteiger partial charge in [0, 0.05) is 11.9 Å². The SMILES string of the molecule is C=C/C=C\C(=N/C=C)C(C)CCCC. The van der Waals surface area contributed by atoms with E-state index in [1.54, 1.807) is 12.3 Å². The van der Waals surface area contributed by atoms with Crippen LogP contribution in [0.4, 0.5) is 0 Å². The number of rotatable bonds is 7. The lowest BCUT2D eigenvalue weighted by molar-refractivity contribution is 0.626. The highest BCUT2D eigenvalue weighted by molar-refractivity contribution is 5.97. The van der Waals surface area contributed by atoms with Gasteiger partial charge in [-0.2, -0.15) is 0 Å². The summed E-state index contributed by atoms with van der Waals surface area (Å²) in [6.45, 7) is 11.7. The van der Waals surface area contributed by atoms with Gasteiger partial charge in [0.1, 0.15) is 0 Å². The maximum atomic E-state index is 4.26. The second kappa shape index (κ2) is 8.49. The number of aliphatic imine (C=N–C) groups is 1. The smallest absolute Gasteiger partial charge is 0.0431 e. The van der Waals surface area contributed by atoms with Gasteiger partial charge in [-0.15, -0.1) is 0 Å². The number of hydrogen-bond donors (Lipinski definition) is 0. The van der Waals surface area contributed by atoms with Crippen molar-refractivity contribution in [1.82, 2.24) is 0 Å². The highest BCUT2D eigenvalue weighted by Gasteiger charge is 2.05. The quantitative estimate of drug-likeness (QED) is 0.423. The lowest BCUT2D eigenvalue weighted by atomic mass is 9.98. The summed E-state index contributed by atoms with van der Waals surface area (Å²) in [6.07, 6.45) is 11.0. The van der Waals surface area contributed by atoms with Gasteiger partial charge >= 0.3 is 0 Å². The van der Waals surface area contributed by atoms with Gasteiger partial charge in [0.15, 0.2) is 0 Å². The monoisotopic (exact) mass is 191 g/mol. The van der Waals surface area contributed by atoms with Crippen molar-refractivity contribution >= 4 is 5.71 Å². The molecule has 14 heavy (non-hydrogen) atoms. The van der Waals surface area contributed by atoms with E-state index in [1.807, 2.05) is 12.2 Å². The minimum atomic E-state index is 0.504. The van der Waals surface area contributed by atoms with Crippen LogP contribution in [-0.4, -0.2) is 5.71 Å². The highest BCUT2D eigenvalue weighted by atomic mass is 14.7. The first-order valence-electron chi connectivity index (χ1n) is 5.24. The molecule has 0 aromatic carbocycles. The van der Waals surface area contributed by atoms with Gasteiger partial charge < -0.3 is 0 Å². The number of allylic oxidation sites excluding steroid dienone is 3. The summed E-state index contributed by atoms with van der Waals surface area (Å²) >= 11 is 0. The fraction of sp³-hybridized carbons (Fsp3) is 0.462. The molecule has 0 aromatic heterocycles. The third-order valence-electron chi connectivity index (χ3n) is 2.14. The molecule has 0 radical (unpaired) electrons. The van der Waals surface area contributed by atoms with E-state index in [9.17, 15) is 0 Å². The molecule has 0 spiro atoms. The average Bonchev–Trinajstić information content (AvgIpc) is 2.20. The Kier molecular flexibility index (Phi) is 7.81. The van der Waals surface area contributed by atoms with Gasteiger partial charge in [-0.25, -0.2) is 0 Å². The molecule has 0 aliphatic carbocycles. The molecule has 1 unspecified atom stereocenters. The number of hydrogen-bond acceptors (Lipinski definition) is 1. The Morgan fingerprint density at radius 1 is 1.43 bits per heavy atom. The Hall–Kier alpha value is -1.11. The van der Waals surface area contributed by atoms with Crippen LogP contribution in [0, 0.1) is 5.92 Å². The molecule has 0 saturated carbocycles. The summed E-state index contributed by atoms with van der Waals surface area (Å²) in [5.41, 5.74) is 1.09. The fourth-order valence-corrected chi connectivity index (χ4v) is 1.26. The van der Waals surface area contributed by atoms with Crippen LogP contribution in [0.2, 0.25) is 0 Å². The molecule has 1 nitrogen and oxygen atoms in total. The first-order chi connectivity index (χ1) is 6.76. The first kappa shape index (κ1) is 12.9. The predicted molar refractivity (Wildman–Crippen MR) is 65.7 cm³/mol. The van der Waals surface area contributed by atoms with Crippen LogP contribution in [0.3, 0.4) is 0 Å². The van der Waals surface area contributed by atoms with E-state index in [1.165, 1.54) is 19.3 Å². The molecule has 0 aliphatic heterocycles. The van der Waals surface area contributed by atoms with E-state index in [0.29, 0.717) is 5.92 Å². The van der Waals surface area contributed by atoms with Gasteiger partial charge in [0.05, 0.1) is 0 Å². The van der Waals surface area contributed by atoms with Crippen LogP contribution in [-0.2, 0) is 0 Å². The summed E-state index contributed by atoms with van der Waals surface area (Å²) in [5.74, 6) is 0.504. The fourth-order valence-electron chi connectivity index (χ4n) is 1.26.